The highest BCUT2D eigenvalue weighted by molar-refractivity contribution is 14.1. The first-order valence-corrected chi connectivity index (χ1v) is 4.04. The molecule has 0 saturated heterocycles. The predicted molar refractivity (Wildman–Crippen MR) is 44.6 cm³/mol. The van der Waals surface area contributed by atoms with Gasteiger partial charge in [0, 0.05) is 0 Å². The first-order chi connectivity index (χ1) is 4.20. The SMILES string of the molecule is Fc1cnc(I)cc1Br. The first kappa shape index (κ1) is 7.40. The molecule has 1 aromatic rings. The Kier molecular flexibility index (Phi) is 2.40. The van der Waals surface area contributed by atoms with E-state index in [1.165, 1.54) is 6.20 Å². The lowest BCUT2D eigenvalue weighted by Crippen LogP contribution is -1.82. The van der Waals surface area contributed by atoms with Crippen LogP contribution in [0.1, 0.15) is 0 Å². The predicted octanol–water partition coefficient (Wildman–Crippen LogP) is 2.59. The van der Waals surface area contributed by atoms with E-state index in [1.807, 2.05) is 22.6 Å². The molecule has 1 nitrogen and oxygen atoms in total. The lowest BCUT2D eigenvalue weighted by molar-refractivity contribution is 0.613. The molecule has 0 amide bonds. The smallest absolute Gasteiger partial charge is 0.155 e. The number of rotatable bonds is 0. The van der Waals surface area contributed by atoms with Crippen molar-refractivity contribution in [2.24, 2.45) is 0 Å². The third-order valence-electron chi connectivity index (χ3n) is 0.775. The molecular weight excluding hydrogens is 300 g/mol. The molecular formula is C5H2BrFIN. The van der Waals surface area contributed by atoms with E-state index in [9.17, 15) is 4.39 Å². The van der Waals surface area contributed by atoms with Crippen LogP contribution in [0, 0.1) is 9.52 Å². The second kappa shape index (κ2) is 2.92. The maximum atomic E-state index is 12.4. The van der Waals surface area contributed by atoms with Crippen LogP contribution < -0.4 is 0 Å². The Hall–Kier alpha value is 0.290. The van der Waals surface area contributed by atoms with Crippen LogP contribution in [0.3, 0.4) is 0 Å². The van der Waals surface area contributed by atoms with Crippen LogP contribution in [0.4, 0.5) is 4.39 Å². The molecule has 0 aromatic carbocycles. The van der Waals surface area contributed by atoms with Crippen molar-refractivity contribution in [3.63, 3.8) is 0 Å². The molecule has 0 aliphatic carbocycles. The number of halogens is 3. The van der Waals surface area contributed by atoms with Gasteiger partial charge in [-0.15, -0.1) is 0 Å². The molecule has 0 radical (unpaired) electrons. The minimum absolute atomic E-state index is 0.324. The summed E-state index contributed by atoms with van der Waals surface area (Å²) in [4.78, 5) is 3.72. The van der Waals surface area contributed by atoms with Gasteiger partial charge in [-0.05, 0) is 44.6 Å². The van der Waals surface area contributed by atoms with E-state index in [4.69, 9.17) is 0 Å². The topological polar surface area (TPSA) is 12.9 Å². The molecule has 0 saturated carbocycles. The summed E-state index contributed by atoms with van der Waals surface area (Å²) in [5.41, 5.74) is 0. The minimum Gasteiger partial charge on any atom is -0.247 e. The first-order valence-electron chi connectivity index (χ1n) is 2.16. The highest BCUT2D eigenvalue weighted by Gasteiger charge is 1.97. The molecule has 1 heterocycles. The third kappa shape index (κ3) is 1.86. The summed E-state index contributed by atoms with van der Waals surface area (Å²) in [5.74, 6) is -0.324. The van der Waals surface area contributed by atoms with Crippen LogP contribution in [-0.2, 0) is 0 Å². The Bertz CT molecular complexity index is 228. The van der Waals surface area contributed by atoms with Crippen molar-refractivity contribution in [3.05, 3.63) is 26.3 Å². The molecule has 1 aromatic heterocycles. The molecule has 0 aliphatic heterocycles. The lowest BCUT2D eigenvalue weighted by atomic mass is 10.5. The summed E-state index contributed by atoms with van der Waals surface area (Å²) in [6.07, 6.45) is 1.19. The van der Waals surface area contributed by atoms with Crippen LogP contribution in [-0.4, -0.2) is 4.98 Å². The highest BCUT2D eigenvalue weighted by atomic mass is 127. The molecule has 4 heteroatoms. The number of pyridine rings is 1. The molecule has 0 unspecified atom stereocenters. The standard InChI is InChI=1S/C5H2BrFIN/c6-3-1-5(8)9-2-4(3)7/h1-2H. The fourth-order valence-electron chi connectivity index (χ4n) is 0.391. The van der Waals surface area contributed by atoms with Gasteiger partial charge < -0.3 is 0 Å². The van der Waals surface area contributed by atoms with Gasteiger partial charge in [-0.1, -0.05) is 0 Å². The monoisotopic (exact) mass is 301 g/mol. The van der Waals surface area contributed by atoms with Gasteiger partial charge in [0.05, 0.1) is 10.7 Å². The van der Waals surface area contributed by atoms with E-state index in [1.54, 1.807) is 6.07 Å². The van der Waals surface area contributed by atoms with Crippen molar-refractivity contribution in [3.8, 4) is 0 Å². The highest BCUT2D eigenvalue weighted by Crippen LogP contribution is 2.15. The van der Waals surface area contributed by atoms with E-state index in [0.717, 1.165) is 3.70 Å². The number of hydrogen-bond acceptors (Lipinski definition) is 1. The molecule has 0 N–H and O–H groups in total. The Morgan fingerprint density at radius 1 is 1.67 bits per heavy atom. The van der Waals surface area contributed by atoms with Gasteiger partial charge in [0.1, 0.15) is 3.70 Å². The normalized spacial score (nSPS) is 9.67. The summed E-state index contributed by atoms with van der Waals surface area (Å²) in [7, 11) is 0. The minimum atomic E-state index is -0.324. The Labute approximate surface area is 73.9 Å². The molecule has 0 fully saturated rings. The fourth-order valence-corrected chi connectivity index (χ4v) is 1.59. The number of nitrogens with zero attached hydrogens (tertiary/aromatic N) is 1. The van der Waals surface area contributed by atoms with Crippen LogP contribution >= 0.6 is 38.5 Å². The van der Waals surface area contributed by atoms with E-state index < -0.39 is 0 Å². The van der Waals surface area contributed by atoms with Crippen molar-refractivity contribution in [2.45, 2.75) is 0 Å². The van der Waals surface area contributed by atoms with Gasteiger partial charge in [0.25, 0.3) is 0 Å². The fraction of sp³-hybridized carbons (Fsp3) is 0. The summed E-state index contributed by atoms with van der Waals surface area (Å²) in [6, 6.07) is 1.62. The van der Waals surface area contributed by atoms with Crippen molar-refractivity contribution < 1.29 is 4.39 Å². The maximum Gasteiger partial charge on any atom is 0.155 e. The molecule has 0 atom stereocenters. The molecule has 0 spiro atoms. The molecule has 9 heavy (non-hydrogen) atoms. The van der Waals surface area contributed by atoms with Gasteiger partial charge in [-0.2, -0.15) is 0 Å². The summed E-state index contributed by atoms with van der Waals surface area (Å²) in [5, 5.41) is 0. The largest absolute Gasteiger partial charge is 0.247 e. The average Bonchev–Trinajstić information content (AvgIpc) is 1.80. The van der Waals surface area contributed by atoms with Crippen molar-refractivity contribution in [2.75, 3.05) is 0 Å². The van der Waals surface area contributed by atoms with Crippen molar-refractivity contribution in [1.29, 1.82) is 0 Å². The van der Waals surface area contributed by atoms with Gasteiger partial charge in [-0.3, -0.25) is 0 Å². The second-order valence-electron chi connectivity index (χ2n) is 1.42. The van der Waals surface area contributed by atoms with E-state index in [-0.39, 0.29) is 5.82 Å². The van der Waals surface area contributed by atoms with Crippen LogP contribution in [0.2, 0.25) is 0 Å². The van der Waals surface area contributed by atoms with Crippen molar-refractivity contribution in [1.82, 2.24) is 4.98 Å². The molecule has 0 bridgehead atoms. The zero-order valence-electron chi connectivity index (χ0n) is 4.24. The van der Waals surface area contributed by atoms with E-state index in [2.05, 4.69) is 20.9 Å². The Balaban J connectivity index is 3.17. The zero-order valence-corrected chi connectivity index (χ0v) is 7.98. The summed E-state index contributed by atoms with van der Waals surface area (Å²) in [6.45, 7) is 0. The molecule has 1 rings (SSSR count). The number of aromatic nitrogens is 1. The van der Waals surface area contributed by atoms with E-state index >= 15 is 0 Å². The van der Waals surface area contributed by atoms with Crippen molar-refractivity contribution >= 4 is 38.5 Å². The van der Waals surface area contributed by atoms with Crippen LogP contribution in [0.5, 0.6) is 0 Å². The van der Waals surface area contributed by atoms with Gasteiger partial charge in [0.2, 0.25) is 0 Å². The lowest BCUT2D eigenvalue weighted by Gasteiger charge is -1.91. The Morgan fingerprint density at radius 2 is 2.33 bits per heavy atom. The van der Waals surface area contributed by atoms with Gasteiger partial charge >= 0.3 is 0 Å². The zero-order chi connectivity index (χ0) is 6.85. The van der Waals surface area contributed by atoms with Crippen LogP contribution in [0.15, 0.2) is 16.7 Å². The molecule has 48 valence electrons. The number of hydrogen-bond donors (Lipinski definition) is 0. The maximum absolute atomic E-state index is 12.4. The van der Waals surface area contributed by atoms with Gasteiger partial charge in [0.15, 0.2) is 5.82 Å². The second-order valence-corrected chi connectivity index (χ2v) is 3.38. The average molecular weight is 302 g/mol. The van der Waals surface area contributed by atoms with Crippen LogP contribution in [0.25, 0.3) is 0 Å². The third-order valence-corrected chi connectivity index (χ3v) is 1.97. The Morgan fingerprint density at radius 3 is 2.78 bits per heavy atom. The molecule has 0 aliphatic rings. The van der Waals surface area contributed by atoms with E-state index in [0.29, 0.717) is 4.47 Å². The summed E-state index contributed by atoms with van der Waals surface area (Å²) < 4.78 is 13.6. The van der Waals surface area contributed by atoms with Gasteiger partial charge in [-0.25, -0.2) is 9.37 Å². The quantitative estimate of drug-likeness (QED) is 0.530. The summed E-state index contributed by atoms with van der Waals surface area (Å²) >= 11 is 5.04.